The van der Waals surface area contributed by atoms with Crippen LogP contribution in [0.2, 0.25) is 0 Å². The molecule has 0 aliphatic carbocycles. The molecule has 0 spiro atoms. The van der Waals surface area contributed by atoms with E-state index >= 15 is 0 Å². The molecule has 2 aliphatic heterocycles. The molecule has 0 unspecified atom stereocenters. The van der Waals surface area contributed by atoms with Crippen molar-refractivity contribution in [2.75, 3.05) is 26.2 Å². The maximum Gasteiger partial charge on any atom is 0.231 e. The number of hydrogen-bond donors (Lipinski definition) is 1. The van der Waals surface area contributed by atoms with E-state index < -0.39 is 0 Å². The summed E-state index contributed by atoms with van der Waals surface area (Å²) in [6.45, 7) is 3.09. The molecule has 27 heavy (non-hydrogen) atoms. The molecule has 4 rings (SSSR count). The fraction of sp³-hybridized carbons (Fsp3) is 0.435. The van der Waals surface area contributed by atoms with E-state index in [9.17, 15) is 9.18 Å². The van der Waals surface area contributed by atoms with Crippen LogP contribution in [-0.2, 0) is 17.6 Å². The van der Waals surface area contributed by atoms with E-state index in [0.717, 1.165) is 57.4 Å². The quantitative estimate of drug-likeness (QED) is 0.879. The van der Waals surface area contributed by atoms with Gasteiger partial charge in [-0.3, -0.25) is 4.79 Å². The predicted octanol–water partition coefficient (Wildman–Crippen LogP) is 3.44. The maximum absolute atomic E-state index is 13.9. The number of carbonyl (C=O) groups excluding carboxylic acids is 1. The Balaban J connectivity index is 1.36. The minimum Gasteiger partial charge on any atom is -0.342 e. The molecular weight excluding hydrogens is 339 g/mol. The summed E-state index contributed by atoms with van der Waals surface area (Å²) in [6, 6.07) is 17.3. The van der Waals surface area contributed by atoms with Crippen LogP contribution in [0.5, 0.6) is 0 Å². The van der Waals surface area contributed by atoms with Crippen LogP contribution in [0.3, 0.4) is 0 Å². The molecule has 2 aliphatic rings. The van der Waals surface area contributed by atoms with Gasteiger partial charge in [0.05, 0.1) is 5.41 Å². The van der Waals surface area contributed by atoms with Gasteiger partial charge in [-0.05, 0) is 48.8 Å². The number of amides is 1. The maximum atomic E-state index is 13.9. The first-order valence-electron chi connectivity index (χ1n) is 9.94. The van der Waals surface area contributed by atoms with Crippen molar-refractivity contribution >= 4 is 5.91 Å². The van der Waals surface area contributed by atoms with E-state index in [4.69, 9.17) is 0 Å². The van der Waals surface area contributed by atoms with Crippen molar-refractivity contribution in [2.45, 2.75) is 25.7 Å². The fourth-order valence-electron chi connectivity index (χ4n) is 4.42. The Morgan fingerprint density at radius 2 is 1.70 bits per heavy atom. The third kappa shape index (κ3) is 3.91. The second-order valence-corrected chi connectivity index (χ2v) is 8.08. The number of benzene rings is 2. The molecule has 3 nitrogen and oxygen atoms in total. The van der Waals surface area contributed by atoms with Crippen LogP contribution < -0.4 is 5.32 Å². The highest BCUT2D eigenvalue weighted by molar-refractivity contribution is 5.85. The number of rotatable bonds is 5. The molecule has 0 aromatic heterocycles. The van der Waals surface area contributed by atoms with Gasteiger partial charge in [-0.25, -0.2) is 4.39 Å². The average molecular weight is 366 g/mol. The van der Waals surface area contributed by atoms with Crippen molar-refractivity contribution in [2.24, 2.45) is 11.3 Å². The molecule has 2 heterocycles. The smallest absolute Gasteiger partial charge is 0.231 e. The minimum atomic E-state index is -0.292. The summed E-state index contributed by atoms with van der Waals surface area (Å²) >= 11 is 0. The first-order valence-corrected chi connectivity index (χ1v) is 9.94. The van der Waals surface area contributed by atoms with Crippen molar-refractivity contribution in [3.8, 4) is 0 Å². The Hall–Kier alpha value is -2.20. The zero-order valence-electron chi connectivity index (χ0n) is 15.7. The van der Waals surface area contributed by atoms with E-state index in [1.807, 2.05) is 35.2 Å². The van der Waals surface area contributed by atoms with Gasteiger partial charge in [0.15, 0.2) is 0 Å². The van der Waals surface area contributed by atoms with Crippen LogP contribution in [0, 0.1) is 17.2 Å². The summed E-state index contributed by atoms with van der Waals surface area (Å²) in [6.07, 6.45) is 3.48. The molecule has 0 atom stereocenters. The number of nitrogens with one attached hydrogen (secondary N) is 1. The molecule has 0 radical (unpaired) electrons. The van der Waals surface area contributed by atoms with Crippen molar-refractivity contribution in [1.29, 1.82) is 0 Å². The third-order valence-corrected chi connectivity index (χ3v) is 6.13. The molecule has 4 heteroatoms. The molecular formula is C23H27FN2O. The Morgan fingerprint density at radius 1 is 1.04 bits per heavy atom. The molecule has 142 valence electrons. The average Bonchev–Trinajstić information content (AvgIpc) is 2.67. The Labute approximate surface area is 160 Å². The zero-order chi connectivity index (χ0) is 18.7. The number of hydrogen-bond acceptors (Lipinski definition) is 2. The Kier molecular flexibility index (Phi) is 5.26. The van der Waals surface area contributed by atoms with Gasteiger partial charge in [0.1, 0.15) is 5.82 Å². The van der Waals surface area contributed by atoms with Crippen LogP contribution in [0.15, 0.2) is 54.6 Å². The highest BCUT2D eigenvalue weighted by Crippen LogP contribution is 2.32. The standard InChI is InChI=1S/C23H27FN2O/c24-21-9-5-4-8-20(21)14-18-10-12-26(13-11-18)22(27)23(16-25-17-23)15-19-6-2-1-3-7-19/h1-9,18,25H,10-17H2. The highest BCUT2D eigenvalue weighted by Gasteiger charge is 2.46. The lowest BCUT2D eigenvalue weighted by Gasteiger charge is -2.46. The van der Waals surface area contributed by atoms with E-state index in [1.54, 1.807) is 6.07 Å². The first kappa shape index (κ1) is 18.2. The van der Waals surface area contributed by atoms with Gasteiger partial charge < -0.3 is 10.2 Å². The van der Waals surface area contributed by atoms with Gasteiger partial charge in [-0.15, -0.1) is 0 Å². The van der Waals surface area contributed by atoms with Crippen LogP contribution in [0.25, 0.3) is 0 Å². The molecule has 2 aromatic rings. The number of likely N-dealkylation sites (tertiary alicyclic amines) is 1. The summed E-state index contributed by atoms with van der Waals surface area (Å²) in [4.78, 5) is 15.3. The monoisotopic (exact) mass is 366 g/mol. The summed E-state index contributed by atoms with van der Waals surface area (Å²) in [5, 5.41) is 3.30. The number of nitrogens with zero attached hydrogens (tertiary/aromatic N) is 1. The van der Waals surface area contributed by atoms with Gasteiger partial charge in [-0.2, -0.15) is 0 Å². The van der Waals surface area contributed by atoms with Crippen molar-refractivity contribution in [3.05, 3.63) is 71.5 Å². The molecule has 0 bridgehead atoms. The Bertz CT molecular complexity index is 780. The third-order valence-electron chi connectivity index (χ3n) is 6.13. The summed E-state index contributed by atoms with van der Waals surface area (Å²) in [5.41, 5.74) is 1.73. The van der Waals surface area contributed by atoms with Gasteiger partial charge in [0, 0.05) is 26.2 Å². The summed E-state index contributed by atoms with van der Waals surface area (Å²) in [5.74, 6) is 0.628. The molecule has 2 saturated heterocycles. The summed E-state index contributed by atoms with van der Waals surface area (Å²) < 4.78 is 13.9. The molecule has 1 N–H and O–H groups in total. The fourth-order valence-corrected chi connectivity index (χ4v) is 4.42. The van der Waals surface area contributed by atoms with Gasteiger partial charge >= 0.3 is 0 Å². The number of carbonyl (C=O) groups is 1. The normalized spacial score (nSPS) is 19.5. The SMILES string of the molecule is O=C(N1CCC(Cc2ccccc2F)CC1)C1(Cc2ccccc2)CNC1. The summed E-state index contributed by atoms with van der Waals surface area (Å²) in [7, 11) is 0. The van der Waals surface area contributed by atoms with E-state index in [-0.39, 0.29) is 17.1 Å². The topological polar surface area (TPSA) is 32.3 Å². The van der Waals surface area contributed by atoms with Crippen molar-refractivity contribution in [3.63, 3.8) is 0 Å². The van der Waals surface area contributed by atoms with E-state index in [0.29, 0.717) is 5.92 Å². The van der Waals surface area contributed by atoms with Gasteiger partial charge in [0.2, 0.25) is 5.91 Å². The first-order chi connectivity index (χ1) is 13.2. The second-order valence-electron chi connectivity index (χ2n) is 8.08. The van der Waals surface area contributed by atoms with E-state index in [1.165, 1.54) is 11.6 Å². The number of halogens is 1. The molecule has 2 aromatic carbocycles. The van der Waals surface area contributed by atoms with Crippen molar-refractivity contribution in [1.82, 2.24) is 10.2 Å². The number of piperidine rings is 1. The van der Waals surface area contributed by atoms with Gasteiger partial charge in [0.25, 0.3) is 0 Å². The minimum absolute atomic E-state index is 0.113. The van der Waals surface area contributed by atoms with E-state index in [2.05, 4.69) is 17.4 Å². The lowest BCUT2D eigenvalue weighted by Crippen LogP contribution is -2.63. The zero-order valence-corrected chi connectivity index (χ0v) is 15.7. The van der Waals surface area contributed by atoms with Gasteiger partial charge in [-0.1, -0.05) is 48.5 Å². The predicted molar refractivity (Wildman–Crippen MR) is 105 cm³/mol. The van der Waals surface area contributed by atoms with Crippen LogP contribution in [0.4, 0.5) is 4.39 Å². The largest absolute Gasteiger partial charge is 0.342 e. The highest BCUT2D eigenvalue weighted by atomic mass is 19.1. The molecule has 2 fully saturated rings. The van der Waals surface area contributed by atoms with Crippen LogP contribution in [0.1, 0.15) is 24.0 Å². The second kappa shape index (κ2) is 7.81. The Morgan fingerprint density at radius 3 is 2.33 bits per heavy atom. The van der Waals surface area contributed by atoms with Crippen LogP contribution >= 0.6 is 0 Å². The molecule has 1 amide bonds. The lowest BCUT2D eigenvalue weighted by atomic mass is 9.74. The van der Waals surface area contributed by atoms with Crippen molar-refractivity contribution < 1.29 is 9.18 Å². The van der Waals surface area contributed by atoms with Crippen LogP contribution in [-0.4, -0.2) is 37.0 Å². The lowest BCUT2D eigenvalue weighted by molar-refractivity contribution is -0.146. The molecule has 0 saturated carbocycles.